The van der Waals surface area contributed by atoms with E-state index in [0.29, 0.717) is 0 Å². The van der Waals surface area contributed by atoms with Gasteiger partial charge in [-0.25, -0.2) is 0 Å². The van der Waals surface area contributed by atoms with Crippen LogP contribution in [0.3, 0.4) is 0 Å². The predicted molar refractivity (Wildman–Crippen MR) is 66.6 cm³/mol. The predicted octanol–water partition coefficient (Wildman–Crippen LogP) is 3.22. The van der Waals surface area contributed by atoms with Crippen molar-refractivity contribution in [1.29, 1.82) is 0 Å². The molecule has 0 aliphatic heterocycles. The van der Waals surface area contributed by atoms with Gasteiger partial charge < -0.3 is 4.74 Å². The Labute approximate surface area is 99.9 Å². The van der Waals surface area contributed by atoms with E-state index < -0.39 is 0 Å². The first-order valence-corrected chi connectivity index (χ1v) is 5.55. The molecular weight excluding hydrogens is 212 g/mol. The van der Waals surface area contributed by atoms with Gasteiger partial charge in [0.1, 0.15) is 5.75 Å². The van der Waals surface area contributed by atoms with E-state index in [2.05, 4.69) is 0 Å². The van der Waals surface area contributed by atoms with Crippen LogP contribution < -0.4 is 4.74 Å². The number of rotatable bonds is 1. The monoisotopic (exact) mass is 224 g/mol. The minimum absolute atomic E-state index is 0.104. The molecule has 0 aromatic heterocycles. The first kappa shape index (κ1) is 10.1. The van der Waals surface area contributed by atoms with E-state index in [1.807, 2.05) is 43.3 Å². The van der Waals surface area contributed by atoms with Crippen molar-refractivity contribution in [3.8, 4) is 16.9 Å². The molecule has 3 rings (SSSR count). The van der Waals surface area contributed by atoms with Gasteiger partial charge in [0.05, 0.1) is 7.11 Å². The summed E-state index contributed by atoms with van der Waals surface area (Å²) in [5.41, 5.74) is 4.65. The fourth-order valence-corrected chi connectivity index (χ4v) is 2.40. The van der Waals surface area contributed by atoms with Crippen molar-refractivity contribution in [3.05, 3.63) is 53.1 Å². The second-order valence-corrected chi connectivity index (χ2v) is 4.24. The Morgan fingerprint density at radius 1 is 1.00 bits per heavy atom. The van der Waals surface area contributed by atoms with Gasteiger partial charge >= 0.3 is 0 Å². The van der Waals surface area contributed by atoms with Crippen molar-refractivity contribution < 1.29 is 9.53 Å². The lowest BCUT2D eigenvalue weighted by Gasteiger charge is -2.02. The van der Waals surface area contributed by atoms with Gasteiger partial charge in [0.25, 0.3) is 0 Å². The number of methoxy groups -OCH3 is 1. The van der Waals surface area contributed by atoms with Crippen LogP contribution in [0.4, 0.5) is 0 Å². The summed E-state index contributed by atoms with van der Waals surface area (Å²) < 4.78 is 5.16. The second-order valence-electron chi connectivity index (χ2n) is 4.24. The Balaban J connectivity index is 2.31. The summed E-state index contributed by atoms with van der Waals surface area (Å²) in [7, 11) is 1.61. The molecule has 0 fully saturated rings. The topological polar surface area (TPSA) is 26.3 Å². The van der Waals surface area contributed by atoms with Gasteiger partial charge in [0.2, 0.25) is 0 Å². The molecule has 17 heavy (non-hydrogen) atoms. The Bertz CT molecular complexity index is 627. The van der Waals surface area contributed by atoms with Crippen LogP contribution in [0.15, 0.2) is 36.4 Å². The SMILES string of the molecule is COc1ccc2c(c1)C(=O)c1c(C)cccc1-2. The van der Waals surface area contributed by atoms with Crippen molar-refractivity contribution in [2.75, 3.05) is 7.11 Å². The molecular formula is C15H12O2. The molecule has 0 unspecified atom stereocenters. The third-order valence-electron chi connectivity index (χ3n) is 3.26. The third kappa shape index (κ3) is 1.30. The van der Waals surface area contributed by atoms with Crippen LogP contribution in [0.1, 0.15) is 21.5 Å². The average molecular weight is 224 g/mol. The average Bonchev–Trinajstić information content (AvgIpc) is 2.64. The second kappa shape index (κ2) is 3.45. The van der Waals surface area contributed by atoms with Crippen molar-refractivity contribution >= 4 is 5.78 Å². The number of carbonyl (C=O) groups excluding carboxylic acids is 1. The third-order valence-corrected chi connectivity index (χ3v) is 3.26. The highest BCUT2D eigenvalue weighted by molar-refractivity contribution is 6.22. The zero-order valence-corrected chi connectivity index (χ0v) is 9.78. The molecule has 2 nitrogen and oxygen atoms in total. The van der Waals surface area contributed by atoms with E-state index in [1.54, 1.807) is 7.11 Å². The van der Waals surface area contributed by atoms with Crippen molar-refractivity contribution in [3.63, 3.8) is 0 Å². The maximum absolute atomic E-state index is 12.3. The number of hydrogen-bond acceptors (Lipinski definition) is 2. The summed E-state index contributed by atoms with van der Waals surface area (Å²) in [5.74, 6) is 0.828. The summed E-state index contributed by atoms with van der Waals surface area (Å²) in [6, 6.07) is 11.6. The van der Waals surface area contributed by atoms with Crippen LogP contribution in [0.2, 0.25) is 0 Å². The van der Waals surface area contributed by atoms with Gasteiger partial charge in [-0.05, 0) is 41.8 Å². The molecule has 0 saturated heterocycles. The molecule has 0 atom stereocenters. The molecule has 0 radical (unpaired) electrons. The first-order valence-electron chi connectivity index (χ1n) is 5.55. The van der Waals surface area contributed by atoms with E-state index in [4.69, 9.17) is 4.74 Å². The number of carbonyl (C=O) groups is 1. The van der Waals surface area contributed by atoms with Gasteiger partial charge in [0, 0.05) is 11.1 Å². The molecule has 0 bridgehead atoms. The number of ketones is 1. The van der Waals surface area contributed by atoms with E-state index in [1.165, 1.54) is 0 Å². The van der Waals surface area contributed by atoms with E-state index in [-0.39, 0.29) is 5.78 Å². The number of hydrogen-bond donors (Lipinski definition) is 0. The lowest BCUT2D eigenvalue weighted by Crippen LogP contribution is -1.98. The van der Waals surface area contributed by atoms with Crippen molar-refractivity contribution in [2.24, 2.45) is 0 Å². The smallest absolute Gasteiger partial charge is 0.194 e. The van der Waals surface area contributed by atoms with Crippen LogP contribution in [0.25, 0.3) is 11.1 Å². The van der Waals surface area contributed by atoms with Crippen LogP contribution in [-0.2, 0) is 0 Å². The molecule has 0 heterocycles. The highest BCUT2D eigenvalue weighted by Crippen LogP contribution is 2.39. The molecule has 2 aromatic carbocycles. The van der Waals surface area contributed by atoms with E-state index in [0.717, 1.165) is 33.6 Å². The van der Waals surface area contributed by atoms with Gasteiger partial charge in [-0.2, -0.15) is 0 Å². The van der Waals surface area contributed by atoms with Crippen molar-refractivity contribution in [1.82, 2.24) is 0 Å². The first-order chi connectivity index (χ1) is 8.22. The normalized spacial score (nSPS) is 12.2. The Kier molecular flexibility index (Phi) is 2.05. The molecule has 0 spiro atoms. The molecule has 0 amide bonds. The van der Waals surface area contributed by atoms with Gasteiger partial charge in [-0.3, -0.25) is 4.79 Å². The lowest BCUT2D eigenvalue weighted by atomic mass is 10.0. The summed E-state index contributed by atoms with van der Waals surface area (Å²) in [4.78, 5) is 12.3. The molecule has 0 saturated carbocycles. The summed E-state index contributed by atoms with van der Waals surface area (Å²) in [5, 5.41) is 0. The molecule has 0 N–H and O–H groups in total. The Hall–Kier alpha value is -2.09. The van der Waals surface area contributed by atoms with Crippen LogP contribution in [0.5, 0.6) is 5.75 Å². The standard InChI is InChI=1S/C15H12O2/c1-9-4-3-5-12-11-7-6-10(17-2)8-13(11)15(16)14(9)12/h3-8H,1-2H3. The summed E-state index contributed by atoms with van der Waals surface area (Å²) >= 11 is 0. The van der Waals surface area contributed by atoms with Crippen LogP contribution in [-0.4, -0.2) is 12.9 Å². The number of fused-ring (bicyclic) bond motifs is 3. The maximum atomic E-state index is 12.3. The minimum Gasteiger partial charge on any atom is -0.497 e. The summed E-state index contributed by atoms with van der Waals surface area (Å²) in [6.07, 6.45) is 0. The number of aryl methyl sites for hydroxylation is 1. The zero-order valence-electron chi connectivity index (χ0n) is 9.78. The zero-order chi connectivity index (χ0) is 12.0. The molecule has 2 heteroatoms. The Morgan fingerprint density at radius 3 is 2.59 bits per heavy atom. The molecule has 84 valence electrons. The minimum atomic E-state index is 0.104. The Morgan fingerprint density at radius 2 is 1.82 bits per heavy atom. The number of ether oxygens (including phenoxy) is 1. The summed E-state index contributed by atoms with van der Waals surface area (Å²) in [6.45, 7) is 1.97. The van der Waals surface area contributed by atoms with E-state index >= 15 is 0 Å². The van der Waals surface area contributed by atoms with Crippen LogP contribution >= 0.6 is 0 Å². The number of benzene rings is 2. The fraction of sp³-hybridized carbons (Fsp3) is 0.133. The largest absolute Gasteiger partial charge is 0.497 e. The molecule has 2 aromatic rings. The van der Waals surface area contributed by atoms with Gasteiger partial charge in [-0.15, -0.1) is 0 Å². The molecule has 1 aliphatic rings. The van der Waals surface area contributed by atoms with Crippen molar-refractivity contribution in [2.45, 2.75) is 6.92 Å². The maximum Gasteiger partial charge on any atom is 0.194 e. The highest BCUT2D eigenvalue weighted by atomic mass is 16.5. The fourth-order valence-electron chi connectivity index (χ4n) is 2.40. The lowest BCUT2D eigenvalue weighted by molar-refractivity contribution is 0.104. The van der Waals surface area contributed by atoms with E-state index in [9.17, 15) is 4.79 Å². The van der Waals surface area contributed by atoms with Crippen LogP contribution in [0, 0.1) is 6.92 Å². The van der Waals surface area contributed by atoms with Gasteiger partial charge in [-0.1, -0.05) is 18.2 Å². The van der Waals surface area contributed by atoms with Gasteiger partial charge in [0.15, 0.2) is 5.78 Å². The molecule has 1 aliphatic carbocycles. The quantitative estimate of drug-likeness (QED) is 0.634. The highest BCUT2D eigenvalue weighted by Gasteiger charge is 2.28.